The fraction of sp³-hybridized carbons (Fsp3) is 0.111. The Morgan fingerprint density at radius 1 is 1.29 bits per heavy atom. The minimum absolute atomic E-state index is 0.0493. The zero-order chi connectivity index (χ0) is 17.4. The van der Waals surface area contributed by atoms with Gasteiger partial charge in [-0.05, 0) is 46.1 Å². The van der Waals surface area contributed by atoms with E-state index in [2.05, 4.69) is 20.9 Å². The first kappa shape index (κ1) is 16.9. The molecule has 1 N–H and O–H groups in total. The van der Waals surface area contributed by atoms with Gasteiger partial charge in [-0.2, -0.15) is 0 Å². The molecule has 0 saturated heterocycles. The van der Waals surface area contributed by atoms with Crippen molar-refractivity contribution in [2.75, 3.05) is 0 Å². The van der Waals surface area contributed by atoms with Crippen LogP contribution in [0.3, 0.4) is 0 Å². The van der Waals surface area contributed by atoms with E-state index in [0.717, 1.165) is 5.39 Å². The van der Waals surface area contributed by atoms with Crippen LogP contribution in [-0.4, -0.2) is 16.1 Å². The summed E-state index contributed by atoms with van der Waals surface area (Å²) in [7, 11) is 0. The second-order valence-corrected chi connectivity index (χ2v) is 6.59. The number of halogens is 3. The monoisotopic (exact) mass is 407 g/mol. The van der Waals surface area contributed by atoms with Crippen LogP contribution >= 0.6 is 27.5 Å². The van der Waals surface area contributed by atoms with Crippen molar-refractivity contribution in [3.8, 4) is 11.1 Å². The first-order valence-corrected chi connectivity index (χ1v) is 8.31. The molecular weight excluding hydrogens is 397 g/mol. The third-order valence-electron chi connectivity index (χ3n) is 3.83. The second-order valence-electron chi connectivity index (χ2n) is 5.36. The van der Waals surface area contributed by atoms with E-state index in [1.807, 2.05) is 24.3 Å². The van der Waals surface area contributed by atoms with E-state index in [4.69, 9.17) is 11.6 Å². The number of pyridine rings is 1. The molecule has 0 atom stereocenters. The van der Waals surface area contributed by atoms with Crippen molar-refractivity contribution >= 4 is 44.4 Å². The Morgan fingerprint density at radius 2 is 2.00 bits per heavy atom. The van der Waals surface area contributed by atoms with Crippen LogP contribution in [0.2, 0.25) is 5.02 Å². The Labute approximate surface area is 151 Å². The molecule has 0 aliphatic rings. The van der Waals surface area contributed by atoms with Crippen molar-refractivity contribution < 1.29 is 14.3 Å². The Morgan fingerprint density at radius 3 is 2.71 bits per heavy atom. The average Bonchev–Trinajstić information content (AvgIpc) is 2.54. The molecule has 2 aromatic carbocycles. The lowest BCUT2D eigenvalue weighted by molar-refractivity contribution is -0.136. The molecule has 0 unspecified atom stereocenters. The predicted molar refractivity (Wildman–Crippen MR) is 95.9 cm³/mol. The molecule has 24 heavy (non-hydrogen) atoms. The molecule has 3 nitrogen and oxygen atoms in total. The molecule has 0 spiro atoms. The number of hydrogen-bond donors (Lipinski definition) is 1. The molecule has 0 saturated carbocycles. The van der Waals surface area contributed by atoms with Crippen LogP contribution in [0.4, 0.5) is 4.39 Å². The van der Waals surface area contributed by atoms with E-state index in [1.54, 1.807) is 19.1 Å². The third-order valence-corrected chi connectivity index (χ3v) is 4.81. The SMILES string of the molecule is Cc1nc2ccccc2c(-c2ccc(Br)c(F)c2Cl)c1CC(=O)O. The Bertz CT molecular complexity index is 975. The molecule has 0 fully saturated rings. The van der Waals surface area contributed by atoms with Crippen LogP contribution in [-0.2, 0) is 11.2 Å². The molecule has 0 aliphatic carbocycles. The van der Waals surface area contributed by atoms with Gasteiger partial charge in [-0.25, -0.2) is 4.39 Å². The van der Waals surface area contributed by atoms with Gasteiger partial charge in [0.1, 0.15) is 0 Å². The number of nitrogens with zero attached hydrogens (tertiary/aromatic N) is 1. The molecule has 0 radical (unpaired) electrons. The van der Waals surface area contributed by atoms with Gasteiger partial charge in [0.25, 0.3) is 0 Å². The molecule has 122 valence electrons. The quantitative estimate of drug-likeness (QED) is 0.591. The summed E-state index contributed by atoms with van der Waals surface area (Å²) in [4.78, 5) is 15.8. The highest BCUT2D eigenvalue weighted by Gasteiger charge is 2.20. The number of aryl methyl sites for hydroxylation is 1. The van der Waals surface area contributed by atoms with Gasteiger partial charge in [-0.3, -0.25) is 9.78 Å². The number of para-hydroxylation sites is 1. The highest BCUT2D eigenvalue weighted by atomic mass is 79.9. The molecule has 0 aliphatic heterocycles. The normalized spacial score (nSPS) is 11.0. The summed E-state index contributed by atoms with van der Waals surface area (Å²) < 4.78 is 14.5. The molecule has 3 rings (SSSR count). The van der Waals surface area contributed by atoms with Crippen molar-refractivity contribution in [2.24, 2.45) is 0 Å². The second kappa shape index (κ2) is 6.49. The number of aliphatic carboxylic acids is 1. The Balaban J connectivity index is 2.44. The first-order valence-electron chi connectivity index (χ1n) is 7.14. The smallest absolute Gasteiger partial charge is 0.307 e. The minimum atomic E-state index is -0.981. The van der Waals surface area contributed by atoms with Crippen molar-refractivity contribution in [3.63, 3.8) is 0 Å². The van der Waals surface area contributed by atoms with E-state index in [1.165, 1.54) is 0 Å². The molecule has 6 heteroatoms. The number of benzene rings is 2. The van der Waals surface area contributed by atoms with Gasteiger partial charge < -0.3 is 5.11 Å². The zero-order valence-electron chi connectivity index (χ0n) is 12.6. The molecule has 1 heterocycles. The summed E-state index contributed by atoms with van der Waals surface area (Å²) in [6.07, 6.45) is -0.215. The highest BCUT2D eigenvalue weighted by molar-refractivity contribution is 9.10. The number of carbonyl (C=O) groups is 1. The van der Waals surface area contributed by atoms with Crippen LogP contribution in [0.15, 0.2) is 40.9 Å². The van der Waals surface area contributed by atoms with E-state index >= 15 is 0 Å². The maximum Gasteiger partial charge on any atom is 0.307 e. The number of hydrogen-bond acceptors (Lipinski definition) is 2. The molecule has 0 amide bonds. The van der Waals surface area contributed by atoms with Crippen molar-refractivity contribution in [3.05, 3.63) is 63.0 Å². The standard InChI is InChI=1S/C18H12BrClFNO2/c1-9-12(8-15(23)24)16(10-4-2-3-5-14(10)22-9)11-6-7-13(19)18(21)17(11)20/h2-7H,8H2,1H3,(H,23,24). The van der Waals surface area contributed by atoms with Crippen molar-refractivity contribution in [1.29, 1.82) is 0 Å². The molecule has 3 aromatic rings. The summed E-state index contributed by atoms with van der Waals surface area (Å²) in [6, 6.07) is 10.6. The molecule has 1 aromatic heterocycles. The summed E-state index contributed by atoms with van der Waals surface area (Å²) in [6.45, 7) is 1.75. The van der Waals surface area contributed by atoms with Crippen molar-refractivity contribution in [1.82, 2.24) is 4.98 Å². The maximum absolute atomic E-state index is 14.3. The lowest BCUT2D eigenvalue weighted by atomic mass is 9.92. The van der Waals surface area contributed by atoms with Crippen LogP contribution < -0.4 is 0 Å². The minimum Gasteiger partial charge on any atom is -0.481 e. The van der Waals surface area contributed by atoms with Crippen LogP contribution in [0.5, 0.6) is 0 Å². The summed E-state index contributed by atoms with van der Waals surface area (Å²) in [5.41, 5.74) is 2.89. The van der Waals surface area contributed by atoms with E-state index < -0.39 is 11.8 Å². The van der Waals surface area contributed by atoms with Crippen LogP contribution in [0.25, 0.3) is 22.0 Å². The Hall–Kier alpha value is -1.98. The average molecular weight is 409 g/mol. The predicted octanol–water partition coefficient (Wildman–Crippen LogP) is 5.39. The maximum atomic E-state index is 14.3. The fourth-order valence-electron chi connectivity index (χ4n) is 2.77. The van der Waals surface area contributed by atoms with E-state index in [9.17, 15) is 14.3 Å². The molecule has 0 bridgehead atoms. The largest absolute Gasteiger partial charge is 0.481 e. The van der Waals surface area contributed by atoms with Crippen molar-refractivity contribution in [2.45, 2.75) is 13.3 Å². The van der Waals surface area contributed by atoms with Crippen LogP contribution in [0.1, 0.15) is 11.3 Å². The first-order chi connectivity index (χ1) is 11.4. The fourth-order valence-corrected chi connectivity index (χ4v) is 3.47. The lowest BCUT2D eigenvalue weighted by Crippen LogP contribution is -2.07. The van der Waals surface area contributed by atoms with Gasteiger partial charge >= 0.3 is 5.97 Å². The van der Waals surface area contributed by atoms with Gasteiger partial charge in [0.2, 0.25) is 0 Å². The van der Waals surface area contributed by atoms with Gasteiger partial charge in [-0.15, -0.1) is 0 Å². The number of fused-ring (bicyclic) bond motifs is 1. The topological polar surface area (TPSA) is 50.2 Å². The zero-order valence-corrected chi connectivity index (χ0v) is 14.9. The number of rotatable bonds is 3. The van der Waals surface area contributed by atoms with Gasteiger partial charge in [-0.1, -0.05) is 35.9 Å². The summed E-state index contributed by atoms with van der Waals surface area (Å²) in [5, 5.41) is 9.95. The number of aromatic nitrogens is 1. The number of carboxylic acids is 1. The van der Waals surface area contributed by atoms with Gasteiger partial charge in [0.05, 0.1) is 21.4 Å². The number of carboxylic acid groups (broad SMARTS) is 1. The van der Waals surface area contributed by atoms with E-state index in [0.29, 0.717) is 27.9 Å². The van der Waals surface area contributed by atoms with Gasteiger partial charge in [0, 0.05) is 16.6 Å². The van der Waals surface area contributed by atoms with Crippen LogP contribution in [0, 0.1) is 12.7 Å². The third kappa shape index (κ3) is 2.89. The lowest BCUT2D eigenvalue weighted by Gasteiger charge is -2.16. The Kier molecular flexibility index (Phi) is 4.56. The van der Waals surface area contributed by atoms with Gasteiger partial charge in [0.15, 0.2) is 5.82 Å². The highest BCUT2D eigenvalue weighted by Crippen LogP contribution is 2.39. The van der Waals surface area contributed by atoms with E-state index in [-0.39, 0.29) is 15.9 Å². The molecular formula is C18H12BrClFNO2. The summed E-state index contributed by atoms with van der Waals surface area (Å²) >= 11 is 9.33. The summed E-state index contributed by atoms with van der Waals surface area (Å²) in [5.74, 6) is -1.56.